The molecule has 1 rings (SSSR count). The molecular weight excluding hydrogens is 257 g/mol. The van der Waals surface area contributed by atoms with Gasteiger partial charge < -0.3 is 4.74 Å². The van der Waals surface area contributed by atoms with Crippen LogP contribution in [0.2, 0.25) is 0 Å². The zero-order chi connectivity index (χ0) is 15.5. The van der Waals surface area contributed by atoms with Crippen LogP contribution in [0, 0.1) is 11.2 Å². The normalized spacial score (nSPS) is 13.4. The smallest absolute Gasteiger partial charge is 0.176 e. The molecule has 0 saturated heterocycles. The fourth-order valence-electron chi connectivity index (χ4n) is 1.96. The van der Waals surface area contributed by atoms with E-state index in [4.69, 9.17) is 4.74 Å². The van der Waals surface area contributed by atoms with Gasteiger partial charge in [0, 0.05) is 11.6 Å². The topological polar surface area (TPSA) is 29.5 Å². The lowest BCUT2D eigenvalue weighted by Crippen LogP contribution is -2.41. The summed E-state index contributed by atoms with van der Waals surface area (Å²) in [5.74, 6) is -0.451. The van der Waals surface area contributed by atoms with Gasteiger partial charge in [-0.1, -0.05) is 20.8 Å². The van der Waals surface area contributed by atoms with E-state index in [9.17, 15) is 9.18 Å². The van der Waals surface area contributed by atoms with E-state index in [-0.39, 0.29) is 29.5 Å². The molecule has 0 aliphatic carbocycles. The van der Waals surface area contributed by atoms with Crippen molar-refractivity contribution in [1.82, 2.24) is 4.90 Å². The third-order valence-corrected chi connectivity index (χ3v) is 3.78. The van der Waals surface area contributed by atoms with E-state index in [0.717, 1.165) is 0 Å². The molecule has 0 aliphatic heterocycles. The highest BCUT2D eigenvalue weighted by Gasteiger charge is 2.25. The Kier molecular flexibility index (Phi) is 5.28. The summed E-state index contributed by atoms with van der Waals surface area (Å²) in [7, 11) is 3.31. The van der Waals surface area contributed by atoms with Gasteiger partial charge in [-0.15, -0.1) is 0 Å². The van der Waals surface area contributed by atoms with Crippen LogP contribution in [0.5, 0.6) is 5.75 Å². The lowest BCUT2D eigenvalue weighted by atomic mass is 9.87. The molecule has 0 aromatic heterocycles. The minimum Gasteiger partial charge on any atom is -0.494 e. The van der Waals surface area contributed by atoms with Gasteiger partial charge in [-0.2, -0.15) is 0 Å². The first kappa shape index (κ1) is 16.6. The molecule has 0 fully saturated rings. The molecule has 4 heteroatoms. The molecule has 0 heterocycles. The molecule has 0 radical (unpaired) electrons. The highest BCUT2D eigenvalue weighted by molar-refractivity contribution is 5.97. The number of methoxy groups -OCH3 is 1. The van der Waals surface area contributed by atoms with Gasteiger partial charge in [0.25, 0.3) is 0 Å². The first-order valence-corrected chi connectivity index (χ1v) is 6.73. The molecule has 0 amide bonds. The fourth-order valence-corrected chi connectivity index (χ4v) is 1.96. The quantitative estimate of drug-likeness (QED) is 0.775. The Bertz CT molecular complexity index is 480. The first-order chi connectivity index (χ1) is 9.16. The van der Waals surface area contributed by atoms with Crippen molar-refractivity contribution in [3.8, 4) is 5.75 Å². The average molecular weight is 281 g/mol. The number of hydrogen-bond acceptors (Lipinski definition) is 3. The number of Topliss-reactive ketones (excluding diaryl/α,β-unsaturated/α-hetero) is 1. The first-order valence-electron chi connectivity index (χ1n) is 6.73. The number of hydrogen-bond donors (Lipinski definition) is 0. The number of benzene rings is 1. The highest BCUT2D eigenvalue weighted by atomic mass is 19.1. The van der Waals surface area contributed by atoms with Crippen molar-refractivity contribution >= 4 is 5.78 Å². The molecule has 20 heavy (non-hydrogen) atoms. The number of rotatable bonds is 5. The second kappa shape index (κ2) is 6.35. The molecule has 0 aliphatic rings. The van der Waals surface area contributed by atoms with E-state index in [0.29, 0.717) is 5.56 Å². The summed E-state index contributed by atoms with van der Waals surface area (Å²) < 4.78 is 18.5. The van der Waals surface area contributed by atoms with Crippen LogP contribution >= 0.6 is 0 Å². The molecule has 1 aromatic rings. The monoisotopic (exact) mass is 281 g/mol. The Morgan fingerprint density at radius 2 is 2.00 bits per heavy atom. The van der Waals surface area contributed by atoms with Crippen molar-refractivity contribution in [3.05, 3.63) is 29.6 Å². The fraction of sp³-hybridized carbons (Fsp3) is 0.562. The second-order valence-corrected chi connectivity index (χ2v) is 6.23. The molecule has 112 valence electrons. The maximum absolute atomic E-state index is 13.6. The van der Waals surface area contributed by atoms with E-state index in [1.165, 1.54) is 19.2 Å². The van der Waals surface area contributed by atoms with Crippen molar-refractivity contribution in [2.24, 2.45) is 5.41 Å². The predicted octanol–water partition coefficient (Wildman–Crippen LogP) is 3.38. The van der Waals surface area contributed by atoms with Crippen molar-refractivity contribution in [3.63, 3.8) is 0 Å². The number of ether oxygens (including phenoxy) is 1. The zero-order valence-corrected chi connectivity index (χ0v) is 13.2. The molecule has 0 bridgehead atoms. The van der Waals surface area contributed by atoms with E-state index in [2.05, 4.69) is 27.7 Å². The van der Waals surface area contributed by atoms with Crippen LogP contribution in [0.15, 0.2) is 18.2 Å². The molecular formula is C16H24FNO2. The Morgan fingerprint density at radius 3 is 2.45 bits per heavy atom. The minimum absolute atomic E-state index is 0.0835. The molecule has 3 nitrogen and oxygen atoms in total. The molecule has 0 N–H and O–H groups in total. The average Bonchev–Trinajstić information content (AvgIpc) is 2.36. The summed E-state index contributed by atoms with van der Waals surface area (Å²) in [5.41, 5.74) is 0.455. The van der Waals surface area contributed by atoms with Crippen molar-refractivity contribution in [1.29, 1.82) is 0 Å². The maximum Gasteiger partial charge on any atom is 0.176 e. The third kappa shape index (κ3) is 4.04. The molecule has 1 atom stereocenters. The highest BCUT2D eigenvalue weighted by Crippen LogP contribution is 2.23. The Morgan fingerprint density at radius 1 is 1.40 bits per heavy atom. The van der Waals surface area contributed by atoms with E-state index < -0.39 is 5.82 Å². The van der Waals surface area contributed by atoms with E-state index in [1.807, 2.05) is 11.9 Å². The summed E-state index contributed by atoms with van der Waals surface area (Å²) in [5, 5.41) is 0. The number of halogens is 1. The van der Waals surface area contributed by atoms with Gasteiger partial charge in [-0.3, -0.25) is 9.69 Å². The molecule has 1 aromatic carbocycles. The number of carbonyl (C=O) groups excluding carboxylic acids is 1. The number of likely N-dealkylation sites (N-methyl/N-ethyl adjacent to an activating group) is 1. The molecule has 0 spiro atoms. The summed E-state index contributed by atoms with van der Waals surface area (Å²) >= 11 is 0. The van der Waals surface area contributed by atoms with Crippen molar-refractivity contribution < 1.29 is 13.9 Å². The summed E-state index contributed by atoms with van der Waals surface area (Å²) in [6, 6.07) is 4.56. The zero-order valence-electron chi connectivity index (χ0n) is 13.2. The maximum atomic E-state index is 13.6. The lowest BCUT2D eigenvalue weighted by molar-refractivity contribution is 0.0853. The Hall–Kier alpha value is -1.42. The largest absolute Gasteiger partial charge is 0.494 e. The van der Waals surface area contributed by atoms with Crippen LogP contribution in [-0.2, 0) is 0 Å². The summed E-state index contributed by atoms with van der Waals surface area (Å²) in [4.78, 5) is 14.2. The number of nitrogens with zero attached hydrogens (tertiary/aromatic N) is 1. The van der Waals surface area contributed by atoms with Crippen LogP contribution < -0.4 is 4.74 Å². The van der Waals surface area contributed by atoms with Crippen molar-refractivity contribution in [2.75, 3.05) is 20.7 Å². The Balaban J connectivity index is 2.79. The predicted molar refractivity (Wildman–Crippen MR) is 78.8 cm³/mol. The standard InChI is InChI=1S/C16H24FNO2/c1-11(16(2,3)4)18(5)10-14(19)12-7-8-15(20-6)13(17)9-12/h7-9,11H,10H2,1-6H3. The van der Waals surface area contributed by atoms with Gasteiger partial charge in [0.05, 0.1) is 13.7 Å². The number of carbonyl (C=O) groups is 1. The van der Waals surface area contributed by atoms with Gasteiger partial charge in [0.1, 0.15) is 0 Å². The van der Waals surface area contributed by atoms with Crippen LogP contribution in [0.25, 0.3) is 0 Å². The van der Waals surface area contributed by atoms with Crippen LogP contribution in [0.4, 0.5) is 4.39 Å². The van der Waals surface area contributed by atoms with Gasteiger partial charge in [-0.25, -0.2) is 4.39 Å². The van der Waals surface area contributed by atoms with Gasteiger partial charge in [0.2, 0.25) is 0 Å². The third-order valence-electron chi connectivity index (χ3n) is 3.78. The van der Waals surface area contributed by atoms with Crippen LogP contribution in [0.1, 0.15) is 38.1 Å². The van der Waals surface area contributed by atoms with E-state index >= 15 is 0 Å². The minimum atomic E-state index is -0.509. The van der Waals surface area contributed by atoms with E-state index in [1.54, 1.807) is 6.07 Å². The second-order valence-electron chi connectivity index (χ2n) is 6.23. The molecule has 1 unspecified atom stereocenters. The van der Waals surface area contributed by atoms with Crippen LogP contribution in [0.3, 0.4) is 0 Å². The summed E-state index contributed by atoms with van der Waals surface area (Å²) in [6.45, 7) is 8.75. The SMILES string of the molecule is COc1ccc(C(=O)CN(C)C(C)C(C)(C)C)cc1F. The molecule has 0 saturated carbocycles. The summed E-state index contributed by atoms with van der Waals surface area (Å²) in [6.07, 6.45) is 0. The van der Waals surface area contributed by atoms with Gasteiger partial charge in [-0.05, 0) is 37.6 Å². The Labute approximate surface area is 120 Å². The van der Waals surface area contributed by atoms with Gasteiger partial charge >= 0.3 is 0 Å². The van der Waals surface area contributed by atoms with Gasteiger partial charge in [0.15, 0.2) is 17.3 Å². The van der Waals surface area contributed by atoms with Crippen LogP contribution in [-0.4, -0.2) is 37.4 Å². The lowest BCUT2D eigenvalue weighted by Gasteiger charge is -2.34. The number of ketones is 1. The van der Waals surface area contributed by atoms with Crippen molar-refractivity contribution in [2.45, 2.75) is 33.7 Å².